The molecule has 10 heteroatoms. The Balaban J connectivity index is 0.000000328. The number of fused-ring (bicyclic) bond motifs is 1. The van der Waals surface area contributed by atoms with E-state index in [1.807, 2.05) is 18.2 Å². The third kappa shape index (κ3) is 11.4. The zero-order chi connectivity index (χ0) is 27.5. The highest BCUT2D eigenvalue weighted by Gasteiger charge is 2.34. The van der Waals surface area contributed by atoms with Crippen molar-refractivity contribution in [2.75, 3.05) is 19.6 Å². The van der Waals surface area contributed by atoms with Crippen molar-refractivity contribution in [1.82, 2.24) is 15.1 Å². The van der Waals surface area contributed by atoms with Crippen LogP contribution in [0.4, 0.5) is 9.59 Å². The molecule has 2 aliphatic rings. The zero-order valence-corrected chi connectivity index (χ0v) is 22.2. The number of benzene rings is 1. The lowest BCUT2D eigenvalue weighted by atomic mass is 10.0. The number of hydrogen-bond acceptors (Lipinski definition) is 5. The molecule has 1 aromatic carbocycles. The Morgan fingerprint density at radius 1 is 1.06 bits per heavy atom. The standard InChI is InChI=1S/C12H20N2O5.C10H11NO2.C4H10/c1-12(2,3)19-11(18)13-7-9(15)14-6-4-5-8(14)10(16)17;12-10(13)11-6-5-8-3-1-2-4-9(8)7-11;1-4(2)3/h8H,4-7H2,1-3H3,(H,13,18)(H,16,17);1-4H,5-7H2,(H,12,13);4H,1-3H3. The molecule has 202 valence electrons. The first kappa shape index (κ1) is 30.7. The van der Waals surface area contributed by atoms with E-state index >= 15 is 0 Å². The van der Waals surface area contributed by atoms with Crippen molar-refractivity contribution in [1.29, 1.82) is 0 Å². The number of alkyl carbamates (subject to hydrolysis) is 1. The lowest BCUT2D eigenvalue weighted by molar-refractivity contribution is -0.147. The molecule has 1 aromatic rings. The quantitative estimate of drug-likeness (QED) is 0.563. The van der Waals surface area contributed by atoms with Crippen LogP contribution in [0.25, 0.3) is 0 Å². The first-order valence-corrected chi connectivity index (χ1v) is 12.2. The molecule has 36 heavy (non-hydrogen) atoms. The predicted molar refractivity (Wildman–Crippen MR) is 136 cm³/mol. The highest BCUT2D eigenvalue weighted by atomic mass is 16.6. The minimum Gasteiger partial charge on any atom is -0.480 e. The van der Waals surface area contributed by atoms with Crippen molar-refractivity contribution in [2.24, 2.45) is 5.92 Å². The molecule has 0 aliphatic carbocycles. The van der Waals surface area contributed by atoms with E-state index in [0.717, 1.165) is 17.9 Å². The molecule has 1 saturated heterocycles. The molecular weight excluding hydrogens is 466 g/mol. The van der Waals surface area contributed by atoms with E-state index in [0.29, 0.717) is 32.5 Å². The summed E-state index contributed by atoms with van der Waals surface area (Å²) in [7, 11) is 0. The van der Waals surface area contributed by atoms with Crippen LogP contribution in [0.5, 0.6) is 0 Å². The second-order valence-electron chi connectivity index (χ2n) is 10.4. The number of ether oxygens (including phenoxy) is 1. The molecular formula is C26H41N3O7. The smallest absolute Gasteiger partial charge is 0.408 e. The van der Waals surface area contributed by atoms with Crippen molar-refractivity contribution in [2.45, 2.75) is 79.0 Å². The summed E-state index contributed by atoms with van der Waals surface area (Å²) in [5, 5.41) is 20.1. The SMILES string of the molecule is CC(C)(C)OC(=O)NCC(=O)N1CCCC1C(=O)O.CC(C)C.O=C(O)N1CCc2ccccc2C1. The summed E-state index contributed by atoms with van der Waals surface area (Å²) in [5.74, 6) is -0.584. The molecule has 2 aliphatic heterocycles. The summed E-state index contributed by atoms with van der Waals surface area (Å²) in [6.45, 7) is 13.0. The number of likely N-dealkylation sites (tertiary alicyclic amines) is 1. The van der Waals surface area contributed by atoms with Gasteiger partial charge in [-0.25, -0.2) is 14.4 Å². The van der Waals surface area contributed by atoms with Gasteiger partial charge < -0.3 is 30.1 Å². The van der Waals surface area contributed by atoms with Gasteiger partial charge in [-0.1, -0.05) is 45.0 Å². The van der Waals surface area contributed by atoms with Gasteiger partial charge in [-0.3, -0.25) is 4.79 Å². The number of hydrogen-bond donors (Lipinski definition) is 3. The molecule has 1 unspecified atom stereocenters. The number of nitrogens with one attached hydrogen (secondary N) is 1. The molecule has 1 fully saturated rings. The third-order valence-electron chi connectivity index (χ3n) is 5.04. The fourth-order valence-corrected chi connectivity index (χ4v) is 3.54. The lowest BCUT2D eigenvalue weighted by Gasteiger charge is -2.26. The second-order valence-corrected chi connectivity index (χ2v) is 10.4. The summed E-state index contributed by atoms with van der Waals surface area (Å²) in [6.07, 6.45) is 0.437. The fraction of sp³-hybridized carbons (Fsp3) is 0.615. The van der Waals surface area contributed by atoms with Gasteiger partial charge in [0.1, 0.15) is 18.2 Å². The van der Waals surface area contributed by atoms with Crippen molar-refractivity contribution in [3.05, 3.63) is 35.4 Å². The van der Waals surface area contributed by atoms with Crippen LogP contribution in [0.3, 0.4) is 0 Å². The minimum atomic E-state index is -1.01. The first-order valence-electron chi connectivity index (χ1n) is 12.2. The number of carbonyl (C=O) groups excluding carboxylic acids is 2. The summed E-state index contributed by atoms with van der Waals surface area (Å²) >= 11 is 0. The number of carboxylic acid groups (broad SMARTS) is 2. The Hall–Kier alpha value is -3.30. The van der Waals surface area contributed by atoms with Crippen LogP contribution in [0.15, 0.2) is 24.3 Å². The van der Waals surface area contributed by atoms with E-state index < -0.39 is 35.7 Å². The Morgan fingerprint density at radius 2 is 1.64 bits per heavy atom. The molecule has 0 radical (unpaired) electrons. The molecule has 1 atom stereocenters. The van der Waals surface area contributed by atoms with Crippen molar-refractivity contribution < 1.29 is 34.1 Å². The van der Waals surface area contributed by atoms with Gasteiger partial charge in [-0.05, 0) is 57.1 Å². The Labute approximate surface area is 213 Å². The first-order chi connectivity index (χ1) is 16.7. The van der Waals surface area contributed by atoms with Crippen LogP contribution in [0, 0.1) is 5.92 Å². The molecule has 3 rings (SSSR count). The summed E-state index contributed by atoms with van der Waals surface area (Å²) in [6, 6.07) is 7.21. The van der Waals surface area contributed by atoms with Gasteiger partial charge in [0.2, 0.25) is 5.91 Å². The molecule has 0 spiro atoms. The van der Waals surface area contributed by atoms with Crippen LogP contribution >= 0.6 is 0 Å². The van der Waals surface area contributed by atoms with Gasteiger partial charge in [0, 0.05) is 19.6 Å². The predicted octanol–water partition coefficient (Wildman–Crippen LogP) is 3.97. The second kappa shape index (κ2) is 14.3. The maximum atomic E-state index is 11.8. The van der Waals surface area contributed by atoms with Crippen LogP contribution in [0.1, 0.15) is 65.5 Å². The van der Waals surface area contributed by atoms with Crippen molar-refractivity contribution >= 4 is 24.1 Å². The van der Waals surface area contributed by atoms with Crippen LogP contribution in [0.2, 0.25) is 0 Å². The molecule has 3 amide bonds. The highest BCUT2D eigenvalue weighted by Crippen LogP contribution is 2.18. The van der Waals surface area contributed by atoms with E-state index in [-0.39, 0.29) is 6.54 Å². The Bertz CT molecular complexity index is 893. The van der Waals surface area contributed by atoms with E-state index in [2.05, 4.69) is 32.2 Å². The van der Waals surface area contributed by atoms with Crippen LogP contribution in [-0.2, 0) is 27.3 Å². The number of amides is 3. The van der Waals surface area contributed by atoms with Gasteiger partial charge in [0.15, 0.2) is 0 Å². The number of carbonyl (C=O) groups is 4. The van der Waals surface area contributed by atoms with E-state index in [4.69, 9.17) is 14.9 Å². The zero-order valence-electron chi connectivity index (χ0n) is 22.2. The van der Waals surface area contributed by atoms with Gasteiger partial charge in [0.05, 0.1) is 0 Å². The molecule has 0 bridgehead atoms. The third-order valence-corrected chi connectivity index (χ3v) is 5.04. The van der Waals surface area contributed by atoms with Gasteiger partial charge in [-0.2, -0.15) is 0 Å². The fourth-order valence-electron chi connectivity index (χ4n) is 3.54. The largest absolute Gasteiger partial charge is 0.480 e. The average molecular weight is 508 g/mol. The summed E-state index contributed by atoms with van der Waals surface area (Å²) in [5.41, 5.74) is 1.78. The van der Waals surface area contributed by atoms with Gasteiger partial charge in [0.25, 0.3) is 0 Å². The number of aliphatic carboxylic acids is 1. The van der Waals surface area contributed by atoms with Crippen LogP contribution in [-0.4, -0.2) is 75.4 Å². The average Bonchev–Trinajstić information content (AvgIpc) is 3.26. The Morgan fingerprint density at radius 3 is 2.17 bits per heavy atom. The van der Waals surface area contributed by atoms with E-state index in [1.165, 1.54) is 15.4 Å². The van der Waals surface area contributed by atoms with Gasteiger partial charge >= 0.3 is 18.2 Å². The Kier molecular flexibility index (Phi) is 12.2. The molecule has 0 aromatic heterocycles. The molecule has 2 heterocycles. The summed E-state index contributed by atoms with van der Waals surface area (Å²) < 4.78 is 4.99. The molecule has 0 saturated carbocycles. The van der Waals surface area contributed by atoms with Gasteiger partial charge in [-0.15, -0.1) is 0 Å². The topological polar surface area (TPSA) is 136 Å². The maximum absolute atomic E-state index is 11.8. The normalized spacial score (nSPS) is 16.6. The van der Waals surface area contributed by atoms with E-state index in [9.17, 15) is 19.2 Å². The minimum absolute atomic E-state index is 0.251. The number of carboxylic acids is 1. The highest BCUT2D eigenvalue weighted by molar-refractivity contribution is 5.87. The van der Waals surface area contributed by atoms with Crippen LogP contribution < -0.4 is 5.32 Å². The lowest BCUT2D eigenvalue weighted by Crippen LogP contribution is -2.46. The van der Waals surface area contributed by atoms with Crippen molar-refractivity contribution in [3.63, 3.8) is 0 Å². The van der Waals surface area contributed by atoms with Crippen molar-refractivity contribution in [3.8, 4) is 0 Å². The number of rotatable bonds is 3. The van der Waals surface area contributed by atoms with E-state index in [1.54, 1.807) is 20.8 Å². The number of nitrogens with zero attached hydrogens (tertiary/aromatic N) is 2. The summed E-state index contributed by atoms with van der Waals surface area (Å²) in [4.78, 5) is 47.5. The maximum Gasteiger partial charge on any atom is 0.408 e. The monoisotopic (exact) mass is 507 g/mol. The molecule has 3 N–H and O–H groups in total. The molecule has 10 nitrogen and oxygen atoms in total.